The van der Waals surface area contributed by atoms with Crippen LogP contribution in [0.1, 0.15) is 58.3 Å². The number of aliphatic carboxylic acids is 1. The number of rotatable bonds is 4. The van der Waals surface area contributed by atoms with Crippen LogP contribution < -0.4 is 5.32 Å². The Morgan fingerprint density at radius 2 is 1.79 bits per heavy atom. The molecule has 0 heterocycles. The van der Waals surface area contributed by atoms with Gasteiger partial charge < -0.3 is 10.4 Å². The smallest absolute Gasteiger partial charge is 0.307 e. The predicted octanol–water partition coefficient (Wildman–Crippen LogP) is 2.57. The van der Waals surface area contributed by atoms with Crippen LogP contribution in [0, 0.1) is 17.8 Å². The summed E-state index contributed by atoms with van der Waals surface area (Å²) in [4.78, 5) is 23.4. The van der Waals surface area contributed by atoms with Gasteiger partial charge in [-0.05, 0) is 31.6 Å². The highest BCUT2D eigenvalue weighted by Gasteiger charge is 2.38. The Hall–Kier alpha value is -1.06. The molecule has 2 fully saturated rings. The molecule has 0 bridgehead atoms. The van der Waals surface area contributed by atoms with Crippen LogP contribution in [0.2, 0.25) is 0 Å². The van der Waals surface area contributed by atoms with Crippen LogP contribution in [0.5, 0.6) is 0 Å². The lowest BCUT2D eigenvalue weighted by atomic mass is 9.83. The molecule has 2 rings (SSSR count). The molecule has 0 aromatic carbocycles. The molecule has 4 unspecified atom stereocenters. The Labute approximate surface area is 115 Å². The monoisotopic (exact) mass is 267 g/mol. The summed E-state index contributed by atoms with van der Waals surface area (Å²) in [5.41, 5.74) is 0. The first-order valence-electron chi connectivity index (χ1n) is 7.65. The van der Waals surface area contributed by atoms with E-state index in [1.54, 1.807) is 0 Å². The van der Waals surface area contributed by atoms with E-state index in [-0.39, 0.29) is 17.9 Å². The molecule has 0 aromatic heterocycles. The van der Waals surface area contributed by atoms with Crippen molar-refractivity contribution in [1.29, 1.82) is 0 Å². The third-order valence-electron chi connectivity index (χ3n) is 4.88. The molecule has 108 valence electrons. The van der Waals surface area contributed by atoms with Crippen molar-refractivity contribution in [3.63, 3.8) is 0 Å². The number of carbonyl (C=O) groups is 2. The minimum atomic E-state index is -0.812. The van der Waals surface area contributed by atoms with Crippen LogP contribution in [0.3, 0.4) is 0 Å². The van der Waals surface area contributed by atoms with Crippen molar-refractivity contribution in [3.8, 4) is 0 Å². The van der Waals surface area contributed by atoms with Gasteiger partial charge in [-0.15, -0.1) is 0 Å². The lowest BCUT2D eigenvalue weighted by Crippen LogP contribution is -2.43. The highest BCUT2D eigenvalue weighted by atomic mass is 16.4. The Morgan fingerprint density at radius 3 is 2.47 bits per heavy atom. The molecule has 0 radical (unpaired) electrons. The fourth-order valence-corrected chi connectivity index (χ4v) is 3.67. The summed E-state index contributed by atoms with van der Waals surface area (Å²) in [6.45, 7) is 2.20. The summed E-state index contributed by atoms with van der Waals surface area (Å²) >= 11 is 0. The standard InChI is InChI=1S/C15H25NO3/c1-2-10-5-3-6-11(9-10)16-14(17)12-7-4-8-13(12)15(18)19/h10-13H,2-9H2,1H3,(H,16,17)(H,18,19). The molecule has 0 aromatic rings. The van der Waals surface area contributed by atoms with E-state index in [2.05, 4.69) is 12.2 Å². The first kappa shape index (κ1) is 14.4. The van der Waals surface area contributed by atoms with Gasteiger partial charge in [-0.2, -0.15) is 0 Å². The van der Waals surface area contributed by atoms with Gasteiger partial charge in [0.1, 0.15) is 0 Å². The van der Waals surface area contributed by atoms with Gasteiger partial charge >= 0.3 is 5.97 Å². The second kappa shape index (κ2) is 6.40. The molecule has 4 atom stereocenters. The number of amides is 1. The number of carboxylic acids is 1. The van der Waals surface area contributed by atoms with Crippen LogP contribution in [0.4, 0.5) is 0 Å². The number of nitrogens with one attached hydrogen (secondary N) is 1. The second-order valence-electron chi connectivity index (χ2n) is 6.13. The lowest BCUT2D eigenvalue weighted by molar-refractivity contribution is -0.146. The van der Waals surface area contributed by atoms with Gasteiger partial charge in [0.25, 0.3) is 0 Å². The molecule has 2 saturated carbocycles. The van der Waals surface area contributed by atoms with Gasteiger partial charge in [0.15, 0.2) is 0 Å². The maximum absolute atomic E-state index is 12.2. The summed E-state index contributed by atoms with van der Waals surface area (Å²) in [5, 5.41) is 12.2. The normalized spacial score (nSPS) is 35.0. The Bertz CT molecular complexity index is 342. The van der Waals surface area contributed by atoms with Crippen LogP contribution in [0.25, 0.3) is 0 Å². The third kappa shape index (κ3) is 3.48. The zero-order chi connectivity index (χ0) is 13.8. The van der Waals surface area contributed by atoms with Crippen LogP contribution >= 0.6 is 0 Å². The second-order valence-corrected chi connectivity index (χ2v) is 6.13. The first-order valence-corrected chi connectivity index (χ1v) is 7.65. The average molecular weight is 267 g/mol. The van der Waals surface area contributed by atoms with Gasteiger partial charge in [0, 0.05) is 6.04 Å². The fourth-order valence-electron chi connectivity index (χ4n) is 3.67. The average Bonchev–Trinajstić information content (AvgIpc) is 2.88. The van der Waals surface area contributed by atoms with Crippen molar-refractivity contribution in [1.82, 2.24) is 5.32 Å². The zero-order valence-electron chi connectivity index (χ0n) is 11.7. The van der Waals surface area contributed by atoms with Gasteiger partial charge in [0.05, 0.1) is 11.8 Å². The maximum Gasteiger partial charge on any atom is 0.307 e. The Balaban J connectivity index is 1.88. The van der Waals surface area contributed by atoms with E-state index in [1.165, 1.54) is 19.3 Å². The van der Waals surface area contributed by atoms with Crippen molar-refractivity contribution in [2.24, 2.45) is 17.8 Å². The number of hydrogen-bond acceptors (Lipinski definition) is 2. The lowest BCUT2D eigenvalue weighted by Gasteiger charge is -2.30. The first-order chi connectivity index (χ1) is 9.11. The SMILES string of the molecule is CCC1CCCC(NC(=O)C2CCCC2C(=O)O)C1. The van der Waals surface area contributed by atoms with Crippen molar-refractivity contribution in [3.05, 3.63) is 0 Å². The van der Waals surface area contributed by atoms with E-state index < -0.39 is 11.9 Å². The highest BCUT2D eigenvalue weighted by molar-refractivity contribution is 5.85. The third-order valence-corrected chi connectivity index (χ3v) is 4.88. The van der Waals surface area contributed by atoms with Crippen molar-refractivity contribution in [2.75, 3.05) is 0 Å². The van der Waals surface area contributed by atoms with Crippen LogP contribution in [0.15, 0.2) is 0 Å². The molecule has 2 aliphatic carbocycles. The molecule has 1 amide bonds. The van der Waals surface area contributed by atoms with Crippen molar-refractivity contribution in [2.45, 2.75) is 64.3 Å². The molecular formula is C15H25NO3. The summed E-state index contributed by atoms with van der Waals surface area (Å²) in [7, 11) is 0. The largest absolute Gasteiger partial charge is 0.481 e. The Kier molecular flexibility index (Phi) is 4.83. The zero-order valence-corrected chi connectivity index (χ0v) is 11.7. The minimum absolute atomic E-state index is 0.0216. The minimum Gasteiger partial charge on any atom is -0.481 e. The fraction of sp³-hybridized carbons (Fsp3) is 0.867. The van der Waals surface area contributed by atoms with Gasteiger partial charge in [-0.1, -0.05) is 32.6 Å². The van der Waals surface area contributed by atoms with E-state index in [0.717, 1.165) is 31.6 Å². The molecule has 0 saturated heterocycles. The molecule has 2 aliphatic rings. The van der Waals surface area contributed by atoms with Gasteiger partial charge in [-0.25, -0.2) is 0 Å². The topological polar surface area (TPSA) is 66.4 Å². The molecule has 4 nitrogen and oxygen atoms in total. The summed E-state index contributed by atoms with van der Waals surface area (Å²) in [6, 6.07) is 0.265. The molecule has 4 heteroatoms. The molecular weight excluding hydrogens is 242 g/mol. The quantitative estimate of drug-likeness (QED) is 0.822. The van der Waals surface area contributed by atoms with Gasteiger partial charge in [-0.3, -0.25) is 9.59 Å². The molecule has 19 heavy (non-hydrogen) atoms. The van der Waals surface area contributed by atoms with E-state index >= 15 is 0 Å². The summed E-state index contributed by atoms with van der Waals surface area (Å²) < 4.78 is 0. The molecule has 0 spiro atoms. The van der Waals surface area contributed by atoms with E-state index in [4.69, 9.17) is 5.11 Å². The van der Waals surface area contributed by atoms with Crippen LogP contribution in [-0.2, 0) is 9.59 Å². The van der Waals surface area contributed by atoms with Crippen LogP contribution in [-0.4, -0.2) is 23.0 Å². The van der Waals surface area contributed by atoms with Gasteiger partial charge in [0.2, 0.25) is 5.91 Å². The highest BCUT2D eigenvalue weighted by Crippen LogP contribution is 2.33. The maximum atomic E-state index is 12.2. The van der Waals surface area contributed by atoms with E-state index in [0.29, 0.717) is 6.42 Å². The van der Waals surface area contributed by atoms with E-state index in [1.807, 2.05) is 0 Å². The number of carbonyl (C=O) groups excluding carboxylic acids is 1. The van der Waals surface area contributed by atoms with Crippen molar-refractivity contribution >= 4 is 11.9 Å². The van der Waals surface area contributed by atoms with Crippen molar-refractivity contribution < 1.29 is 14.7 Å². The predicted molar refractivity (Wildman–Crippen MR) is 72.6 cm³/mol. The Morgan fingerprint density at radius 1 is 1.11 bits per heavy atom. The van der Waals surface area contributed by atoms with E-state index in [9.17, 15) is 9.59 Å². The summed E-state index contributed by atoms with van der Waals surface area (Å²) in [6.07, 6.45) is 7.97. The summed E-state index contributed by atoms with van der Waals surface area (Å²) in [5.74, 6) is -0.887. The molecule has 2 N–H and O–H groups in total. The molecule has 0 aliphatic heterocycles. The number of hydrogen-bond donors (Lipinski definition) is 2. The number of carboxylic acid groups (broad SMARTS) is 1.